The number of hydrogen-bond acceptors (Lipinski definition) is 5. The Labute approximate surface area is 151 Å². The Morgan fingerprint density at radius 3 is 2.84 bits per heavy atom. The zero-order chi connectivity index (χ0) is 16.8. The van der Waals surface area contributed by atoms with Crippen LogP contribution in [-0.2, 0) is 0 Å². The summed E-state index contributed by atoms with van der Waals surface area (Å²) in [6, 6.07) is 10.3. The molecule has 4 aromatic heterocycles. The molecule has 1 N–H and O–H groups in total. The number of thiazole rings is 2. The van der Waals surface area contributed by atoms with Gasteiger partial charge in [0.15, 0.2) is 5.82 Å². The first-order chi connectivity index (χ1) is 12.3. The molecule has 0 fully saturated rings. The van der Waals surface area contributed by atoms with E-state index in [2.05, 4.69) is 27.2 Å². The molecule has 122 valence electrons. The Balaban J connectivity index is 1.77. The third-order valence-electron chi connectivity index (χ3n) is 4.02. The first-order valence-electron chi connectivity index (χ1n) is 7.80. The average Bonchev–Trinajstić information content (AvgIpc) is 3.39. The lowest BCUT2D eigenvalue weighted by molar-refractivity contribution is 0.948. The molecule has 0 atom stereocenters. The molecule has 0 saturated heterocycles. The van der Waals surface area contributed by atoms with E-state index in [1.807, 2.05) is 47.4 Å². The predicted octanol–water partition coefficient (Wildman–Crippen LogP) is 4.88. The fourth-order valence-electron chi connectivity index (χ4n) is 2.91. The Bertz CT molecular complexity index is 1150. The number of aromatic nitrogens is 5. The molecule has 5 nitrogen and oxygen atoms in total. The molecule has 0 radical (unpaired) electrons. The van der Waals surface area contributed by atoms with Gasteiger partial charge in [0.05, 0.1) is 16.1 Å². The molecule has 0 aliphatic heterocycles. The smallest absolute Gasteiger partial charge is 0.157 e. The second-order valence-electron chi connectivity index (χ2n) is 5.61. The molecule has 25 heavy (non-hydrogen) atoms. The lowest BCUT2D eigenvalue weighted by atomic mass is 10.1. The molecule has 0 saturated carbocycles. The minimum absolute atomic E-state index is 0.786. The summed E-state index contributed by atoms with van der Waals surface area (Å²) in [5.74, 6) is 0.786. The summed E-state index contributed by atoms with van der Waals surface area (Å²) in [7, 11) is 0. The zero-order valence-corrected chi connectivity index (χ0v) is 14.9. The van der Waals surface area contributed by atoms with Crippen LogP contribution in [-0.4, -0.2) is 24.6 Å². The standard InChI is InChI=1S/C18H13N5S2/c1-11-13(18-23(22-11)9-10-24-18)17-21-14(16-19-7-8-20-16)15(25-17)12-5-3-2-4-6-12/h2-10H,1H3,(H,19,20). The number of aromatic amines is 1. The summed E-state index contributed by atoms with van der Waals surface area (Å²) in [4.78, 5) is 14.8. The average molecular weight is 363 g/mol. The first-order valence-corrected chi connectivity index (χ1v) is 9.49. The molecule has 0 unspecified atom stereocenters. The third kappa shape index (κ3) is 2.32. The van der Waals surface area contributed by atoms with Crippen molar-refractivity contribution < 1.29 is 0 Å². The van der Waals surface area contributed by atoms with Gasteiger partial charge in [-0.15, -0.1) is 22.7 Å². The Morgan fingerprint density at radius 2 is 2.04 bits per heavy atom. The highest BCUT2D eigenvalue weighted by Crippen LogP contribution is 2.42. The van der Waals surface area contributed by atoms with E-state index in [0.717, 1.165) is 43.1 Å². The summed E-state index contributed by atoms with van der Waals surface area (Å²) >= 11 is 3.36. The van der Waals surface area contributed by atoms with Crippen molar-refractivity contribution in [3.8, 4) is 32.5 Å². The zero-order valence-electron chi connectivity index (χ0n) is 13.3. The summed E-state index contributed by atoms with van der Waals surface area (Å²) in [6.45, 7) is 2.03. The molecule has 0 spiro atoms. The van der Waals surface area contributed by atoms with Gasteiger partial charge in [0.25, 0.3) is 0 Å². The highest BCUT2D eigenvalue weighted by atomic mass is 32.1. The number of rotatable bonds is 3. The number of aryl methyl sites for hydroxylation is 1. The maximum Gasteiger partial charge on any atom is 0.157 e. The second-order valence-corrected chi connectivity index (χ2v) is 7.51. The minimum atomic E-state index is 0.786. The topological polar surface area (TPSA) is 58.9 Å². The summed E-state index contributed by atoms with van der Waals surface area (Å²) in [5, 5.41) is 7.61. The molecule has 7 heteroatoms. The number of imidazole rings is 1. The lowest BCUT2D eigenvalue weighted by Gasteiger charge is -1.99. The molecule has 4 heterocycles. The van der Waals surface area contributed by atoms with Crippen LogP contribution < -0.4 is 0 Å². The van der Waals surface area contributed by atoms with Gasteiger partial charge in [-0.25, -0.2) is 14.5 Å². The van der Waals surface area contributed by atoms with Gasteiger partial charge in [0.2, 0.25) is 0 Å². The van der Waals surface area contributed by atoms with Crippen molar-refractivity contribution in [2.45, 2.75) is 6.92 Å². The largest absolute Gasteiger partial charge is 0.343 e. The van der Waals surface area contributed by atoms with Crippen LogP contribution in [0.3, 0.4) is 0 Å². The Kier molecular flexibility index (Phi) is 3.29. The lowest BCUT2D eigenvalue weighted by Crippen LogP contribution is -1.85. The van der Waals surface area contributed by atoms with Gasteiger partial charge in [-0.05, 0) is 12.5 Å². The quantitative estimate of drug-likeness (QED) is 0.497. The molecule has 0 aliphatic rings. The summed E-state index contributed by atoms with van der Waals surface area (Å²) in [6.07, 6.45) is 5.56. The van der Waals surface area contributed by atoms with Crippen molar-refractivity contribution in [3.63, 3.8) is 0 Å². The van der Waals surface area contributed by atoms with Crippen molar-refractivity contribution in [1.82, 2.24) is 24.6 Å². The van der Waals surface area contributed by atoms with Crippen LogP contribution in [0.15, 0.2) is 54.3 Å². The van der Waals surface area contributed by atoms with Crippen molar-refractivity contribution >= 4 is 27.5 Å². The van der Waals surface area contributed by atoms with Crippen molar-refractivity contribution in [2.24, 2.45) is 0 Å². The summed E-state index contributed by atoms with van der Waals surface area (Å²) in [5.41, 5.74) is 4.12. The van der Waals surface area contributed by atoms with E-state index in [1.54, 1.807) is 28.9 Å². The normalized spacial score (nSPS) is 11.4. The first kappa shape index (κ1) is 14.6. The predicted molar refractivity (Wildman–Crippen MR) is 102 cm³/mol. The van der Waals surface area contributed by atoms with Crippen LogP contribution in [0.5, 0.6) is 0 Å². The van der Waals surface area contributed by atoms with Gasteiger partial charge in [-0.3, -0.25) is 0 Å². The SMILES string of the molecule is Cc1nn2ccsc2c1-c1nc(-c2ncc[nH]2)c(-c2ccccc2)s1. The van der Waals surface area contributed by atoms with Crippen LogP contribution in [0.2, 0.25) is 0 Å². The Morgan fingerprint density at radius 1 is 1.16 bits per heavy atom. The number of nitrogens with zero attached hydrogens (tertiary/aromatic N) is 4. The Hall–Kier alpha value is -2.77. The van der Waals surface area contributed by atoms with E-state index < -0.39 is 0 Å². The molecule has 0 aliphatic carbocycles. The monoisotopic (exact) mass is 363 g/mol. The van der Waals surface area contributed by atoms with E-state index >= 15 is 0 Å². The van der Waals surface area contributed by atoms with Gasteiger partial charge in [0.1, 0.15) is 15.5 Å². The van der Waals surface area contributed by atoms with E-state index in [0.29, 0.717) is 0 Å². The van der Waals surface area contributed by atoms with Gasteiger partial charge in [0, 0.05) is 24.0 Å². The maximum absolute atomic E-state index is 4.94. The third-order valence-corrected chi connectivity index (χ3v) is 6.02. The van der Waals surface area contributed by atoms with Crippen LogP contribution in [0.25, 0.3) is 37.4 Å². The highest BCUT2D eigenvalue weighted by molar-refractivity contribution is 7.20. The molecule has 0 bridgehead atoms. The second kappa shape index (κ2) is 5.65. The van der Waals surface area contributed by atoms with Gasteiger partial charge < -0.3 is 4.98 Å². The van der Waals surface area contributed by atoms with Crippen LogP contribution >= 0.6 is 22.7 Å². The molecule has 1 aromatic carbocycles. The van der Waals surface area contributed by atoms with Gasteiger partial charge in [-0.2, -0.15) is 5.10 Å². The van der Waals surface area contributed by atoms with Crippen LogP contribution in [0, 0.1) is 6.92 Å². The fraction of sp³-hybridized carbons (Fsp3) is 0.0556. The molecular weight excluding hydrogens is 350 g/mol. The van der Waals surface area contributed by atoms with E-state index in [4.69, 9.17) is 4.98 Å². The van der Waals surface area contributed by atoms with E-state index in [1.165, 1.54) is 0 Å². The highest BCUT2D eigenvalue weighted by Gasteiger charge is 2.21. The number of nitrogens with one attached hydrogen (secondary N) is 1. The summed E-state index contributed by atoms with van der Waals surface area (Å²) < 4.78 is 1.92. The molecule has 5 rings (SSSR count). The van der Waals surface area contributed by atoms with Gasteiger partial charge >= 0.3 is 0 Å². The van der Waals surface area contributed by atoms with Crippen LogP contribution in [0.4, 0.5) is 0 Å². The van der Waals surface area contributed by atoms with Crippen molar-refractivity contribution in [3.05, 3.63) is 60.0 Å². The number of H-pyrrole nitrogens is 1. The van der Waals surface area contributed by atoms with E-state index in [-0.39, 0.29) is 0 Å². The number of hydrogen-bond donors (Lipinski definition) is 1. The van der Waals surface area contributed by atoms with E-state index in [9.17, 15) is 0 Å². The maximum atomic E-state index is 4.94. The number of benzene rings is 1. The van der Waals surface area contributed by atoms with Crippen molar-refractivity contribution in [2.75, 3.05) is 0 Å². The number of fused-ring (bicyclic) bond motifs is 1. The van der Waals surface area contributed by atoms with Crippen LogP contribution in [0.1, 0.15) is 5.69 Å². The molecule has 5 aromatic rings. The molecular formula is C18H13N5S2. The van der Waals surface area contributed by atoms with Gasteiger partial charge in [-0.1, -0.05) is 30.3 Å². The molecule has 0 amide bonds. The minimum Gasteiger partial charge on any atom is -0.343 e. The fourth-order valence-corrected chi connectivity index (χ4v) is 5.02. The van der Waals surface area contributed by atoms with Crippen molar-refractivity contribution in [1.29, 1.82) is 0 Å².